The van der Waals surface area contributed by atoms with E-state index < -0.39 is 0 Å². The van der Waals surface area contributed by atoms with Crippen LogP contribution in [0, 0.1) is 0 Å². The van der Waals surface area contributed by atoms with Crippen molar-refractivity contribution in [1.82, 2.24) is 4.90 Å². The van der Waals surface area contributed by atoms with Crippen LogP contribution in [0.3, 0.4) is 0 Å². The van der Waals surface area contributed by atoms with E-state index >= 15 is 0 Å². The second-order valence-electron chi connectivity index (χ2n) is 7.05. The molecule has 0 saturated carbocycles. The molecular weight excluding hydrogens is 338 g/mol. The number of carbonyl (C=O) groups is 2. The van der Waals surface area contributed by atoms with Gasteiger partial charge in [-0.2, -0.15) is 0 Å². The Morgan fingerprint density at radius 1 is 1.00 bits per heavy atom. The van der Waals surface area contributed by atoms with E-state index in [0.29, 0.717) is 0 Å². The summed E-state index contributed by atoms with van der Waals surface area (Å²) in [5.41, 5.74) is 3.14. The largest absolute Gasteiger partial charge is 0.455 e. The quantitative estimate of drug-likeness (QED) is 0.720. The lowest BCUT2D eigenvalue weighted by Crippen LogP contribution is -2.45. The van der Waals surface area contributed by atoms with Crippen LogP contribution in [-0.2, 0) is 20.7 Å². The van der Waals surface area contributed by atoms with Crippen LogP contribution in [0.15, 0.2) is 54.6 Å². The molecule has 27 heavy (non-hydrogen) atoms. The third-order valence-corrected chi connectivity index (χ3v) is 5.18. The van der Waals surface area contributed by atoms with Crippen LogP contribution in [0.1, 0.15) is 38.2 Å². The summed E-state index contributed by atoms with van der Waals surface area (Å²) in [7, 11) is 0. The Morgan fingerprint density at radius 2 is 1.70 bits per heavy atom. The van der Waals surface area contributed by atoms with Crippen molar-refractivity contribution < 1.29 is 14.3 Å². The Balaban J connectivity index is 1.50. The maximum Gasteiger partial charge on any atom is 0.310 e. The minimum atomic E-state index is -0.360. The first-order chi connectivity index (χ1) is 13.2. The second kappa shape index (κ2) is 9.36. The molecule has 1 heterocycles. The normalized spacial score (nSPS) is 16.8. The van der Waals surface area contributed by atoms with Crippen molar-refractivity contribution in [3.8, 4) is 11.1 Å². The zero-order valence-electron chi connectivity index (χ0n) is 15.9. The van der Waals surface area contributed by atoms with Gasteiger partial charge in [0.2, 0.25) is 0 Å². The maximum atomic E-state index is 12.4. The highest BCUT2D eigenvalue weighted by molar-refractivity contribution is 5.81. The Kier molecular flexibility index (Phi) is 6.64. The van der Waals surface area contributed by atoms with Gasteiger partial charge in [-0.05, 0) is 42.4 Å². The molecule has 1 atom stereocenters. The number of hydrogen-bond donors (Lipinski definition) is 0. The van der Waals surface area contributed by atoms with E-state index in [-0.39, 0.29) is 30.9 Å². The lowest BCUT2D eigenvalue weighted by molar-refractivity contribution is -0.153. The molecule has 1 aliphatic rings. The molecule has 0 aromatic heterocycles. The van der Waals surface area contributed by atoms with Gasteiger partial charge in [-0.25, -0.2) is 0 Å². The van der Waals surface area contributed by atoms with Gasteiger partial charge in [0.25, 0.3) is 5.91 Å². The zero-order chi connectivity index (χ0) is 19.1. The van der Waals surface area contributed by atoms with Crippen molar-refractivity contribution in [1.29, 1.82) is 0 Å². The summed E-state index contributed by atoms with van der Waals surface area (Å²) in [5, 5.41) is 0. The van der Waals surface area contributed by atoms with Gasteiger partial charge in [0.15, 0.2) is 6.61 Å². The smallest absolute Gasteiger partial charge is 0.310 e. The minimum Gasteiger partial charge on any atom is -0.455 e. The molecule has 0 radical (unpaired) electrons. The van der Waals surface area contributed by atoms with Gasteiger partial charge in [0.1, 0.15) is 0 Å². The number of esters is 1. The molecule has 2 aromatic carbocycles. The summed E-state index contributed by atoms with van der Waals surface area (Å²) in [6.45, 7) is 2.72. The van der Waals surface area contributed by atoms with Gasteiger partial charge < -0.3 is 9.64 Å². The maximum absolute atomic E-state index is 12.4. The Morgan fingerprint density at radius 3 is 2.41 bits per heavy atom. The molecule has 1 unspecified atom stereocenters. The van der Waals surface area contributed by atoms with Crippen LogP contribution in [0.5, 0.6) is 0 Å². The Hall–Kier alpha value is -2.62. The molecule has 0 aliphatic carbocycles. The van der Waals surface area contributed by atoms with Gasteiger partial charge in [-0.1, -0.05) is 61.5 Å². The average molecular weight is 365 g/mol. The van der Waals surface area contributed by atoms with Crippen molar-refractivity contribution in [2.75, 3.05) is 13.2 Å². The summed E-state index contributed by atoms with van der Waals surface area (Å²) in [5.74, 6) is -0.435. The fourth-order valence-electron chi connectivity index (χ4n) is 3.64. The highest BCUT2D eigenvalue weighted by atomic mass is 16.5. The number of hydrogen-bond acceptors (Lipinski definition) is 3. The summed E-state index contributed by atoms with van der Waals surface area (Å²) < 4.78 is 5.24. The first kappa shape index (κ1) is 19.2. The summed E-state index contributed by atoms with van der Waals surface area (Å²) in [6.07, 6.45) is 4.38. The topological polar surface area (TPSA) is 46.6 Å². The molecule has 1 saturated heterocycles. The second-order valence-corrected chi connectivity index (χ2v) is 7.05. The van der Waals surface area contributed by atoms with E-state index in [4.69, 9.17) is 4.74 Å². The monoisotopic (exact) mass is 365 g/mol. The first-order valence-corrected chi connectivity index (χ1v) is 9.77. The molecule has 2 aromatic rings. The lowest BCUT2D eigenvalue weighted by Gasteiger charge is -2.35. The van der Waals surface area contributed by atoms with E-state index in [0.717, 1.165) is 42.5 Å². The number of piperidine rings is 1. The number of carbonyl (C=O) groups excluding carboxylic acids is 2. The highest BCUT2D eigenvalue weighted by Gasteiger charge is 2.25. The molecule has 4 nitrogen and oxygen atoms in total. The SMILES string of the molecule is CCC1CCCCN1C(=O)COC(=O)Cc1ccc(-c2ccccc2)cc1. The molecule has 0 N–H and O–H groups in total. The van der Waals surface area contributed by atoms with E-state index in [2.05, 4.69) is 19.1 Å². The molecule has 1 amide bonds. The summed E-state index contributed by atoms with van der Waals surface area (Å²) in [6, 6.07) is 18.3. The zero-order valence-corrected chi connectivity index (χ0v) is 15.9. The predicted octanol–water partition coefficient (Wildman–Crippen LogP) is 4.23. The van der Waals surface area contributed by atoms with Crippen molar-refractivity contribution in [2.45, 2.75) is 45.1 Å². The number of likely N-dealkylation sites (tertiary alicyclic amines) is 1. The van der Waals surface area contributed by atoms with Crippen LogP contribution in [0.25, 0.3) is 11.1 Å². The summed E-state index contributed by atoms with van der Waals surface area (Å²) in [4.78, 5) is 26.4. The van der Waals surface area contributed by atoms with Crippen molar-refractivity contribution in [2.24, 2.45) is 0 Å². The lowest BCUT2D eigenvalue weighted by atomic mass is 10.00. The molecule has 3 rings (SSSR count). The molecular formula is C23H27NO3. The van der Waals surface area contributed by atoms with Gasteiger partial charge in [-0.3, -0.25) is 9.59 Å². The number of benzene rings is 2. The van der Waals surface area contributed by atoms with Gasteiger partial charge in [0, 0.05) is 12.6 Å². The van der Waals surface area contributed by atoms with Crippen molar-refractivity contribution >= 4 is 11.9 Å². The molecule has 0 spiro atoms. The third kappa shape index (κ3) is 5.19. The van der Waals surface area contributed by atoms with E-state index in [1.165, 1.54) is 6.42 Å². The van der Waals surface area contributed by atoms with Crippen LogP contribution in [0.4, 0.5) is 0 Å². The van der Waals surface area contributed by atoms with Crippen molar-refractivity contribution in [3.63, 3.8) is 0 Å². The Labute approximate surface area is 161 Å². The number of amides is 1. The summed E-state index contributed by atoms with van der Waals surface area (Å²) >= 11 is 0. The number of rotatable bonds is 6. The number of nitrogens with zero attached hydrogens (tertiary/aromatic N) is 1. The van der Waals surface area contributed by atoms with E-state index in [1.807, 2.05) is 47.4 Å². The fourth-order valence-corrected chi connectivity index (χ4v) is 3.64. The molecule has 4 heteroatoms. The van der Waals surface area contributed by atoms with Gasteiger partial charge in [-0.15, -0.1) is 0 Å². The molecule has 0 bridgehead atoms. The molecule has 1 aliphatic heterocycles. The molecule has 142 valence electrons. The Bertz CT molecular complexity index is 755. The van der Waals surface area contributed by atoms with E-state index in [9.17, 15) is 9.59 Å². The van der Waals surface area contributed by atoms with Crippen LogP contribution >= 0.6 is 0 Å². The van der Waals surface area contributed by atoms with Gasteiger partial charge >= 0.3 is 5.97 Å². The van der Waals surface area contributed by atoms with Crippen LogP contribution in [0.2, 0.25) is 0 Å². The van der Waals surface area contributed by atoms with Crippen LogP contribution in [-0.4, -0.2) is 36.0 Å². The molecule has 1 fully saturated rings. The standard InChI is InChI=1S/C23H27NO3/c1-2-21-10-6-7-15-24(21)22(25)17-27-23(26)16-18-11-13-20(14-12-18)19-8-4-3-5-9-19/h3-5,8-9,11-14,21H,2,6-7,10,15-17H2,1H3. The predicted molar refractivity (Wildman–Crippen MR) is 106 cm³/mol. The highest BCUT2D eigenvalue weighted by Crippen LogP contribution is 2.20. The minimum absolute atomic E-state index is 0.0747. The average Bonchev–Trinajstić information content (AvgIpc) is 2.73. The third-order valence-electron chi connectivity index (χ3n) is 5.18. The fraction of sp³-hybridized carbons (Fsp3) is 0.391. The van der Waals surface area contributed by atoms with E-state index in [1.54, 1.807) is 0 Å². The van der Waals surface area contributed by atoms with Crippen LogP contribution < -0.4 is 0 Å². The van der Waals surface area contributed by atoms with Gasteiger partial charge in [0.05, 0.1) is 6.42 Å². The van der Waals surface area contributed by atoms with Crippen molar-refractivity contribution in [3.05, 3.63) is 60.2 Å². The number of ether oxygens (including phenoxy) is 1. The first-order valence-electron chi connectivity index (χ1n) is 9.77.